The third-order valence-corrected chi connectivity index (χ3v) is 6.47. The van der Waals surface area contributed by atoms with Crippen molar-refractivity contribution in [2.45, 2.75) is 25.2 Å². The maximum absolute atomic E-state index is 10.3. The number of aromatic hydroxyl groups is 1. The number of aryl methyl sites for hydroxylation is 1. The van der Waals surface area contributed by atoms with Crippen LogP contribution in [-0.2, 0) is 12.8 Å². The lowest BCUT2D eigenvalue weighted by Gasteiger charge is -2.29. The van der Waals surface area contributed by atoms with Gasteiger partial charge in [0.25, 0.3) is 0 Å². The molecule has 6 nitrogen and oxygen atoms in total. The Morgan fingerprint density at radius 3 is 2.75 bits per heavy atom. The van der Waals surface area contributed by atoms with E-state index < -0.39 is 5.92 Å². The molecule has 2 aromatic carbocycles. The molecule has 1 aliphatic heterocycles. The number of nitrogens with zero attached hydrogens (tertiary/aromatic N) is 2. The standard InChI is InChI=1S/C26H20N4O2/c27-12-18-22(14-8-10-15(31)11-9-14)23-24(28)17-5-3-7-21(17)30-26(23)32-25(18)19-13-29-20-6-2-1-4-16(19)20/h1-2,4,6,8-11,13,22,29,31H,3,5,7H2,(H2,28,30). The second kappa shape index (κ2) is 6.89. The summed E-state index contributed by atoms with van der Waals surface area (Å²) in [6, 6.07) is 17.2. The lowest BCUT2D eigenvalue weighted by molar-refractivity contribution is 0.465. The lowest BCUT2D eigenvalue weighted by atomic mass is 9.81. The fourth-order valence-corrected chi connectivity index (χ4v) is 4.96. The van der Waals surface area contributed by atoms with Crippen molar-refractivity contribution in [3.63, 3.8) is 0 Å². The van der Waals surface area contributed by atoms with E-state index in [0.717, 1.165) is 58.1 Å². The maximum atomic E-state index is 10.3. The number of nitrogens with two attached hydrogens (primary N) is 1. The van der Waals surface area contributed by atoms with Gasteiger partial charge in [0.15, 0.2) is 5.76 Å². The van der Waals surface area contributed by atoms with Gasteiger partial charge in [-0.05, 0) is 48.6 Å². The van der Waals surface area contributed by atoms with Gasteiger partial charge in [-0.25, -0.2) is 4.98 Å². The van der Waals surface area contributed by atoms with E-state index >= 15 is 0 Å². The molecule has 6 heteroatoms. The monoisotopic (exact) mass is 420 g/mol. The van der Waals surface area contributed by atoms with Gasteiger partial charge in [0.2, 0.25) is 5.88 Å². The van der Waals surface area contributed by atoms with Crippen LogP contribution in [0.2, 0.25) is 0 Å². The van der Waals surface area contributed by atoms with Crippen LogP contribution in [0.5, 0.6) is 11.6 Å². The highest BCUT2D eigenvalue weighted by Gasteiger charge is 2.37. The average Bonchev–Trinajstić information content (AvgIpc) is 3.46. The van der Waals surface area contributed by atoms with Crippen molar-refractivity contribution in [2.75, 3.05) is 5.73 Å². The number of nitrogen functional groups attached to an aromatic ring is 1. The molecule has 4 N–H and O–H groups in total. The number of hydrogen-bond donors (Lipinski definition) is 3. The Balaban J connectivity index is 1.65. The third-order valence-electron chi connectivity index (χ3n) is 6.47. The average molecular weight is 420 g/mol. The van der Waals surface area contributed by atoms with Gasteiger partial charge in [-0.15, -0.1) is 0 Å². The summed E-state index contributed by atoms with van der Waals surface area (Å²) in [7, 11) is 0. The van der Waals surface area contributed by atoms with Crippen molar-refractivity contribution in [3.05, 3.63) is 88.2 Å². The Labute approximate surface area is 184 Å². The highest BCUT2D eigenvalue weighted by atomic mass is 16.5. The van der Waals surface area contributed by atoms with Gasteiger partial charge in [0.1, 0.15) is 5.75 Å². The minimum atomic E-state index is -0.439. The van der Waals surface area contributed by atoms with E-state index in [0.29, 0.717) is 22.9 Å². The number of fused-ring (bicyclic) bond motifs is 3. The molecule has 1 unspecified atom stereocenters. The Bertz CT molecular complexity index is 1460. The van der Waals surface area contributed by atoms with Gasteiger partial charge >= 0.3 is 0 Å². The molecule has 1 atom stereocenters. The van der Waals surface area contributed by atoms with Gasteiger partial charge < -0.3 is 20.6 Å². The number of anilines is 1. The molecule has 0 fully saturated rings. The topological polar surface area (TPSA) is 108 Å². The zero-order chi connectivity index (χ0) is 21.8. The number of pyridine rings is 1. The quantitative estimate of drug-likeness (QED) is 0.432. The molecule has 0 saturated carbocycles. The van der Waals surface area contributed by atoms with Crippen LogP contribution >= 0.6 is 0 Å². The molecule has 32 heavy (non-hydrogen) atoms. The van der Waals surface area contributed by atoms with E-state index in [4.69, 9.17) is 15.5 Å². The van der Waals surface area contributed by atoms with Crippen molar-refractivity contribution in [1.29, 1.82) is 5.26 Å². The number of phenolic OH excluding ortho intramolecular Hbond substituents is 1. The highest BCUT2D eigenvalue weighted by molar-refractivity contribution is 5.94. The number of H-pyrrole nitrogens is 1. The molecule has 2 aromatic heterocycles. The van der Waals surface area contributed by atoms with Crippen molar-refractivity contribution in [1.82, 2.24) is 9.97 Å². The van der Waals surface area contributed by atoms with Crippen molar-refractivity contribution in [3.8, 4) is 17.7 Å². The Kier molecular flexibility index (Phi) is 3.99. The molecular weight excluding hydrogens is 400 g/mol. The predicted octanol–water partition coefficient (Wildman–Crippen LogP) is 4.80. The fourth-order valence-electron chi connectivity index (χ4n) is 4.96. The molecular formula is C26H20N4O2. The SMILES string of the molecule is N#CC1=C(c2c[nH]c3ccccc23)Oc2nc3c(c(N)c2C1c1ccc(O)cc1)CCC3. The fraction of sp³-hybridized carbons (Fsp3) is 0.154. The Hall–Kier alpha value is -4.24. The lowest BCUT2D eigenvalue weighted by Crippen LogP contribution is -2.19. The highest BCUT2D eigenvalue weighted by Crippen LogP contribution is 2.50. The van der Waals surface area contributed by atoms with E-state index in [1.807, 2.05) is 42.6 Å². The molecule has 3 heterocycles. The molecule has 2 aliphatic rings. The number of ether oxygens (including phenoxy) is 1. The largest absolute Gasteiger partial charge is 0.508 e. The smallest absolute Gasteiger partial charge is 0.225 e. The zero-order valence-corrected chi connectivity index (χ0v) is 17.2. The number of benzene rings is 2. The number of para-hydroxylation sites is 1. The molecule has 0 saturated heterocycles. The number of nitrogens with one attached hydrogen (secondary N) is 1. The van der Waals surface area contributed by atoms with Crippen molar-refractivity contribution >= 4 is 22.3 Å². The second-order valence-corrected chi connectivity index (χ2v) is 8.25. The predicted molar refractivity (Wildman–Crippen MR) is 122 cm³/mol. The first-order valence-corrected chi connectivity index (χ1v) is 10.6. The third kappa shape index (κ3) is 2.61. The van der Waals surface area contributed by atoms with Crippen LogP contribution in [0, 0.1) is 11.3 Å². The molecule has 0 bridgehead atoms. The number of hydrogen-bond acceptors (Lipinski definition) is 5. The summed E-state index contributed by atoms with van der Waals surface area (Å²) in [6.07, 6.45) is 4.63. The normalized spacial score (nSPS) is 17.0. The summed E-state index contributed by atoms with van der Waals surface area (Å²) in [5.74, 6) is 0.674. The maximum Gasteiger partial charge on any atom is 0.225 e. The number of phenols is 1. The van der Waals surface area contributed by atoms with Gasteiger partial charge in [0, 0.05) is 34.0 Å². The van der Waals surface area contributed by atoms with Gasteiger partial charge in [0.05, 0.1) is 23.1 Å². The summed E-state index contributed by atoms with van der Waals surface area (Å²) in [5, 5.41) is 21.1. The second-order valence-electron chi connectivity index (χ2n) is 8.25. The number of aromatic amines is 1. The van der Waals surface area contributed by atoms with Crippen molar-refractivity contribution in [2.24, 2.45) is 0 Å². The van der Waals surface area contributed by atoms with Crippen LogP contribution in [0.15, 0.2) is 60.3 Å². The number of aromatic nitrogens is 2. The first-order valence-electron chi connectivity index (χ1n) is 10.6. The first-order chi connectivity index (χ1) is 15.7. The summed E-state index contributed by atoms with van der Waals surface area (Å²) < 4.78 is 6.37. The molecule has 6 rings (SSSR count). The molecule has 4 aromatic rings. The number of rotatable bonds is 2. The first kappa shape index (κ1) is 18.5. The minimum absolute atomic E-state index is 0.167. The molecule has 0 spiro atoms. The zero-order valence-electron chi connectivity index (χ0n) is 17.2. The summed E-state index contributed by atoms with van der Waals surface area (Å²) in [5.41, 5.74) is 13.2. The van der Waals surface area contributed by atoms with Crippen LogP contribution < -0.4 is 10.5 Å². The van der Waals surface area contributed by atoms with Crippen LogP contribution in [0.25, 0.3) is 16.7 Å². The molecule has 0 amide bonds. The van der Waals surface area contributed by atoms with Crippen LogP contribution in [0.4, 0.5) is 5.69 Å². The van der Waals surface area contributed by atoms with Crippen LogP contribution in [0.3, 0.4) is 0 Å². The summed E-state index contributed by atoms with van der Waals surface area (Å²) in [4.78, 5) is 8.12. The van der Waals surface area contributed by atoms with E-state index in [-0.39, 0.29) is 5.75 Å². The summed E-state index contributed by atoms with van der Waals surface area (Å²) in [6.45, 7) is 0. The molecule has 1 aliphatic carbocycles. The Morgan fingerprint density at radius 2 is 1.94 bits per heavy atom. The van der Waals surface area contributed by atoms with E-state index in [2.05, 4.69) is 11.1 Å². The van der Waals surface area contributed by atoms with E-state index in [9.17, 15) is 10.4 Å². The minimum Gasteiger partial charge on any atom is -0.508 e. The van der Waals surface area contributed by atoms with Gasteiger partial charge in [-0.3, -0.25) is 0 Å². The van der Waals surface area contributed by atoms with E-state index in [1.165, 1.54) is 0 Å². The number of allylic oxidation sites excluding steroid dienone is 1. The van der Waals surface area contributed by atoms with E-state index in [1.54, 1.807) is 12.1 Å². The molecule has 0 radical (unpaired) electrons. The van der Waals surface area contributed by atoms with Crippen LogP contribution in [0.1, 0.15) is 40.3 Å². The van der Waals surface area contributed by atoms with Crippen LogP contribution in [-0.4, -0.2) is 15.1 Å². The van der Waals surface area contributed by atoms with Gasteiger partial charge in [-0.2, -0.15) is 5.26 Å². The van der Waals surface area contributed by atoms with Gasteiger partial charge in [-0.1, -0.05) is 30.3 Å². The molecule has 156 valence electrons. The number of nitriles is 1. The summed E-state index contributed by atoms with van der Waals surface area (Å²) >= 11 is 0. The van der Waals surface area contributed by atoms with Crippen molar-refractivity contribution < 1.29 is 9.84 Å². The Morgan fingerprint density at radius 1 is 1.12 bits per heavy atom.